The van der Waals surface area contributed by atoms with Crippen LogP contribution in [-0.4, -0.2) is 32.7 Å². The minimum absolute atomic E-state index is 0.254. The second-order valence-corrected chi connectivity index (χ2v) is 12.0. The number of anilines is 3. The number of ether oxygens (including phenoxy) is 1. The predicted molar refractivity (Wildman–Crippen MR) is 180 cm³/mol. The second kappa shape index (κ2) is 11.5. The Bertz CT molecular complexity index is 1960. The van der Waals surface area contributed by atoms with Gasteiger partial charge in [-0.25, -0.2) is 0 Å². The first-order valence-corrected chi connectivity index (χ1v) is 15.1. The molecule has 8 heteroatoms. The summed E-state index contributed by atoms with van der Waals surface area (Å²) in [7, 11) is 0. The molecule has 0 bridgehead atoms. The van der Waals surface area contributed by atoms with Gasteiger partial charge in [-0.05, 0) is 70.3 Å². The fraction of sp³-hybridized carbons (Fsp3) is 0.0278. The van der Waals surface area contributed by atoms with E-state index in [9.17, 15) is 9.59 Å². The zero-order valence-corrected chi connectivity index (χ0v) is 24.8. The highest BCUT2D eigenvalue weighted by Crippen LogP contribution is 2.51. The van der Waals surface area contributed by atoms with Crippen LogP contribution in [0.5, 0.6) is 11.5 Å². The maximum absolute atomic E-state index is 12.6. The summed E-state index contributed by atoms with van der Waals surface area (Å²) in [5.74, 6) is 0.126. The molecule has 0 radical (unpaired) electrons. The van der Waals surface area contributed by atoms with E-state index in [0.29, 0.717) is 4.91 Å². The first kappa shape index (κ1) is 27.6. The van der Waals surface area contributed by atoms with E-state index in [1.54, 1.807) is 6.08 Å². The number of carbonyl (C=O) groups excluding carboxylic acids is 1. The monoisotopic (exact) mass is 612 g/mol. The maximum atomic E-state index is 12.6. The molecule has 5 aromatic rings. The van der Waals surface area contributed by atoms with E-state index in [1.165, 1.54) is 0 Å². The number of amides is 1. The van der Waals surface area contributed by atoms with Gasteiger partial charge in [0.15, 0.2) is 11.5 Å². The number of hydrogen-bond donors (Lipinski definition) is 1. The summed E-state index contributed by atoms with van der Waals surface area (Å²) in [6.45, 7) is -0.435. The molecule has 1 N–H and O–H groups in total. The van der Waals surface area contributed by atoms with Crippen LogP contribution in [0.1, 0.15) is 5.56 Å². The van der Waals surface area contributed by atoms with Crippen molar-refractivity contribution in [3.8, 4) is 33.8 Å². The number of benzene rings is 5. The van der Waals surface area contributed by atoms with Crippen LogP contribution in [0.4, 0.5) is 17.1 Å². The van der Waals surface area contributed by atoms with Crippen LogP contribution < -0.4 is 9.64 Å². The van der Waals surface area contributed by atoms with Gasteiger partial charge in [-0.3, -0.25) is 14.5 Å². The van der Waals surface area contributed by atoms with E-state index < -0.39 is 12.5 Å². The Morgan fingerprint density at radius 3 is 2.05 bits per heavy atom. The molecule has 2 aliphatic heterocycles. The number of nitrogens with zero attached hydrogens (tertiary/aromatic N) is 2. The van der Waals surface area contributed by atoms with Crippen LogP contribution in [0.15, 0.2) is 126 Å². The molecule has 0 aliphatic carbocycles. The summed E-state index contributed by atoms with van der Waals surface area (Å²) < 4.78 is 6.63. The van der Waals surface area contributed by atoms with Crippen molar-refractivity contribution in [3.63, 3.8) is 0 Å². The number of fused-ring (bicyclic) bond motifs is 2. The lowest BCUT2D eigenvalue weighted by Crippen LogP contribution is -2.33. The number of carboxylic acid groups (broad SMARTS) is 1. The molecule has 0 unspecified atom stereocenters. The van der Waals surface area contributed by atoms with Crippen molar-refractivity contribution in [2.45, 2.75) is 0 Å². The van der Waals surface area contributed by atoms with Crippen molar-refractivity contribution >= 4 is 63.3 Å². The van der Waals surface area contributed by atoms with E-state index in [2.05, 4.69) is 65.6 Å². The number of carbonyl (C=O) groups is 2. The maximum Gasteiger partial charge on any atom is 0.323 e. The molecule has 6 nitrogen and oxygen atoms in total. The summed E-state index contributed by atoms with van der Waals surface area (Å²) >= 11 is 6.30. The summed E-state index contributed by atoms with van der Waals surface area (Å²) in [4.78, 5) is 27.4. The number of hydrogen-bond acceptors (Lipinski definition) is 6. The molecule has 2 heterocycles. The van der Waals surface area contributed by atoms with Gasteiger partial charge in [0.25, 0.3) is 5.91 Å². The van der Waals surface area contributed by atoms with Gasteiger partial charge in [0.1, 0.15) is 10.9 Å². The molecule has 7 rings (SSSR count). The SMILES string of the molecule is O=C(O)CN1C(=O)/C(=C/c2ccc(-c3ccc(-c4ccc5c(c4)Oc4ccccc4N5c4ccccc4)cc3)cc2)SC1=S. The third-order valence-corrected chi connectivity index (χ3v) is 8.85. The summed E-state index contributed by atoms with van der Waals surface area (Å²) in [5.41, 5.74) is 8.12. The molecule has 0 spiro atoms. The quantitative estimate of drug-likeness (QED) is 0.149. The third-order valence-electron chi connectivity index (χ3n) is 7.47. The third kappa shape index (κ3) is 5.25. The Balaban J connectivity index is 1.12. The molecule has 1 saturated heterocycles. The molecule has 1 amide bonds. The summed E-state index contributed by atoms with van der Waals surface area (Å²) in [6, 6.07) is 40.9. The topological polar surface area (TPSA) is 70.1 Å². The van der Waals surface area contributed by atoms with Gasteiger partial charge in [-0.1, -0.05) is 109 Å². The Hall–Kier alpha value is -5.18. The summed E-state index contributed by atoms with van der Waals surface area (Å²) in [6.07, 6.45) is 1.74. The highest BCUT2D eigenvalue weighted by molar-refractivity contribution is 8.26. The number of thioether (sulfide) groups is 1. The molecule has 0 aromatic heterocycles. The largest absolute Gasteiger partial charge is 0.480 e. The lowest BCUT2D eigenvalue weighted by molar-refractivity contribution is -0.140. The Morgan fingerprint density at radius 1 is 0.750 bits per heavy atom. The van der Waals surface area contributed by atoms with Crippen molar-refractivity contribution in [3.05, 3.63) is 132 Å². The molecule has 0 saturated carbocycles. The fourth-order valence-electron chi connectivity index (χ4n) is 5.34. The van der Waals surface area contributed by atoms with Gasteiger partial charge in [-0.2, -0.15) is 0 Å². The molecule has 2 aliphatic rings. The van der Waals surface area contributed by atoms with Crippen LogP contribution in [0.25, 0.3) is 28.3 Å². The van der Waals surface area contributed by atoms with E-state index in [-0.39, 0.29) is 10.2 Å². The zero-order chi connectivity index (χ0) is 30.2. The van der Waals surface area contributed by atoms with Crippen molar-refractivity contribution in [2.75, 3.05) is 11.4 Å². The lowest BCUT2D eigenvalue weighted by Gasteiger charge is -2.33. The number of aliphatic carboxylic acids is 1. The van der Waals surface area contributed by atoms with Crippen molar-refractivity contribution < 1.29 is 19.4 Å². The molecule has 5 aromatic carbocycles. The van der Waals surface area contributed by atoms with Gasteiger partial charge >= 0.3 is 5.97 Å². The summed E-state index contributed by atoms with van der Waals surface area (Å²) in [5, 5.41) is 9.04. The number of para-hydroxylation sites is 3. The van der Waals surface area contributed by atoms with Crippen molar-refractivity contribution in [1.29, 1.82) is 0 Å². The van der Waals surface area contributed by atoms with Gasteiger partial charge in [0, 0.05) is 5.69 Å². The number of carboxylic acids is 1. The predicted octanol–water partition coefficient (Wildman–Crippen LogP) is 8.88. The molecule has 1 fully saturated rings. The van der Waals surface area contributed by atoms with E-state index in [4.69, 9.17) is 22.1 Å². The average molecular weight is 613 g/mol. The highest BCUT2D eigenvalue weighted by atomic mass is 32.2. The number of thiocarbonyl (C=S) groups is 1. The van der Waals surface area contributed by atoms with Crippen LogP contribution >= 0.6 is 24.0 Å². The zero-order valence-electron chi connectivity index (χ0n) is 23.2. The molecular formula is C36H24N2O4S2. The van der Waals surface area contributed by atoms with E-state index in [0.717, 1.165) is 73.0 Å². The van der Waals surface area contributed by atoms with Crippen molar-refractivity contribution in [1.82, 2.24) is 4.90 Å². The molecular weight excluding hydrogens is 589 g/mol. The minimum Gasteiger partial charge on any atom is -0.480 e. The Labute approximate surface area is 263 Å². The van der Waals surface area contributed by atoms with Crippen LogP contribution in [0.2, 0.25) is 0 Å². The average Bonchev–Trinajstić information content (AvgIpc) is 3.31. The first-order valence-electron chi connectivity index (χ1n) is 13.9. The second-order valence-electron chi connectivity index (χ2n) is 10.3. The van der Waals surface area contributed by atoms with Gasteiger partial charge in [0.05, 0.1) is 16.3 Å². The first-order chi connectivity index (χ1) is 21.4. The van der Waals surface area contributed by atoms with E-state index in [1.807, 2.05) is 60.7 Å². The fourth-order valence-corrected chi connectivity index (χ4v) is 6.60. The number of rotatable bonds is 6. The Kier molecular flexibility index (Phi) is 7.21. The lowest BCUT2D eigenvalue weighted by atomic mass is 9.98. The van der Waals surface area contributed by atoms with Crippen LogP contribution in [-0.2, 0) is 9.59 Å². The van der Waals surface area contributed by atoms with E-state index >= 15 is 0 Å². The standard InChI is InChI=1S/C36H24N2O4S2/c39-34(40)22-37-35(41)33(44-36(37)43)20-23-10-12-24(13-11-23)25-14-16-26(17-15-25)27-18-19-30-32(21-27)42-31-9-5-4-8-29(31)38(30)28-6-2-1-3-7-28/h1-21H,22H2,(H,39,40)/b33-20-. The molecule has 214 valence electrons. The van der Waals surface area contributed by atoms with Crippen LogP contribution in [0.3, 0.4) is 0 Å². The smallest absolute Gasteiger partial charge is 0.323 e. The normalized spacial score (nSPS) is 14.8. The molecule has 0 atom stereocenters. The van der Waals surface area contributed by atoms with Crippen LogP contribution in [0, 0.1) is 0 Å². The Morgan fingerprint density at radius 2 is 1.34 bits per heavy atom. The van der Waals surface area contributed by atoms with Gasteiger partial charge < -0.3 is 14.7 Å². The van der Waals surface area contributed by atoms with Gasteiger partial charge in [0.2, 0.25) is 0 Å². The minimum atomic E-state index is -1.10. The molecule has 44 heavy (non-hydrogen) atoms. The van der Waals surface area contributed by atoms with Gasteiger partial charge in [-0.15, -0.1) is 0 Å². The van der Waals surface area contributed by atoms with Crippen molar-refractivity contribution in [2.24, 2.45) is 0 Å². The highest BCUT2D eigenvalue weighted by Gasteiger charge is 2.33.